The predicted molar refractivity (Wildman–Crippen MR) is 72.1 cm³/mol. The Kier molecular flexibility index (Phi) is 4.41. The summed E-state index contributed by atoms with van der Waals surface area (Å²) in [6, 6.07) is 7.71. The zero-order chi connectivity index (χ0) is 13.0. The van der Waals surface area contributed by atoms with E-state index in [0.717, 1.165) is 21.5 Å². The number of fused-ring (bicyclic) bond motifs is 1. The van der Waals surface area contributed by atoms with Gasteiger partial charge in [-0.05, 0) is 29.7 Å². The minimum atomic E-state index is -0.717. The maximum Gasteiger partial charge on any atom is 0.119 e. The van der Waals surface area contributed by atoms with Crippen molar-refractivity contribution in [3.8, 4) is 5.75 Å². The van der Waals surface area contributed by atoms with Gasteiger partial charge in [-0.15, -0.1) is 11.8 Å². The first kappa shape index (κ1) is 13.1. The van der Waals surface area contributed by atoms with E-state index in [-0.39, 0.29) is 6.61 Å². The molecule has 0 spiro atoms. The zero-order valence-electron chi connectivity index (χ0n) is 10.0. The molecule has 1 aromatic heterocycles. The van der Waals surface area contributed by atoms with Crippen molar-refractivity contribution >= 4 is 22.5 Å². The normalized spacial score (nSPS) is 12.6. The molecule has 0 aliphatic carbocycles. The van der Waals surface area contributed by atoms with Crippen molar-refractivity contribution in [3.63, 3.8) is 0 Å². The van der Waals surface area contributed by atoms with E-state index >= 15 is 0 Å². The number of aromatic nitrogens is 1. The largest absolute Gasteiger partial charge is 0.497 e. The van der Waals surface area contributed by atoms with E-state index in [1.165, 1.54) is 11.8 Å². The number of aliphatic hydroxyl groups is 2. The van der Waals surface area contributed by atoms with Crippen LogP contribution in [0.1, 0.15) is 0 Å². The molecule has 0 amide bonds. The highest BCUT2D eigenvalue weighted by Gasteiger charge is 2.07. The van der Waals surface area contributed by atoms with Gasteiger partial charge in [0.2, 0.25) is 0 Å². The van der Waals surface area contributed by atoms with E-state index in [2.05, 4.69) is 4.98 Å². The predicted octanol–water partition coefficient (Wildman–Crippen LogP) is 1.69. The van der Waals surface area contributed by atoms with Gasteiger partial charge in [-0.1, -0.05) is 0 Å². The first-order valence-corrected chi connectivity index (χ1v) is 6.57. The van der Waals surface area contributed by atoms with Gasteiger partial charge >= 0.3 is 0 Å². The highest BCUT2D eigenvalue weighted by atomic mass is 32.2. The number of nitrogens with zero attached hydrogens (tertiary/aromatic N) is 1. The molecule has 2 aromatic rings. The maximum atomic E-state index is 9.35. The maximum absolute atomic E-state index is 9.35. The molecule has 0 fully saturated rings. The highest BCUT2D eigenvalue weighted by molar-refractivity contribution is 7.99. The summed E-state index contributed by atoms with van der Waals surface area (Å²) in [7, 11) is 1.63. The van der Waals surface area contributed by atoms with Crippen LogP contribution < -0.4 is 4.74 Å². The number of thioether (sulfide) groups is 1. The molecule has 4 nitrogen and oxygen atoms in total. The number of ether oxygens (including phenoxy) is 1. The van der Waals surface area contributed by atoms with Crippen LogP contribution in [-0.4, -0.2) is 40.8 Å². The van der Waals surface area contributed by atoms with Crippen LogP contribution in [-0.2, 0) is 0 Å². The van der Waals surface area contributed by atoms with Gasteiger partial charge in [-0.2, -0.15) is 0 Å². The van der Waals surface area contributed by atoms with Crippen molar-refractivity contribution < 1.29 is 14.9 Å². The van der Waals surface area contributed by atoms with E-state index in [1.54, 1.807) is 13.3 Å². The summed E-state index contributed by atoms with van der Waals surface area (Å²) in [6.45, 7) is -0.231. The lowest BCUT2D eigenvalue weighted by Crippen LogP contribution is -2.14. The fourth-order valence-electron chi connectivity index (χ4n) is 1.60. The van der Waals surface area contributed by atoms with Crippen LogP contribution in [0.4, 0.5) is 0 Å². The van der Waals surface area contributed by atoms with Crippen LogP contribution in [0.5, 0.6) is 5.75 Å². The molecule has 0 aliphatic rings. The van der Waals surface area contributed by atoms with E-state index in [1.807, 2.05) is 24.3 Å². The highest BCUT2D eigenvalue weighted by Crippen LogP contribution is 2.28. The standard InChI is InChI=1S/C13H15NO3S/c1-17-11-2-3-12-9(6-11)4-5-14-13(12)18-8-10(16)7-15/h2-6,10,15-16H,7-8H2,1H3. The molecule has 0 saturated heterocycles. The number of hydrogen-bond donors (Lipinski definition) is 2. The average molecular weight is 265 g/mol. The third-order valence-electron chi connectivity index (χ3n) is 2.56. The number of methoxy groups -OCH3 is 1. The summed E-state index contributed by atoms with van der Waals surface area (Å²) in [5.74, 6) is 1.23. The Labute approximate surface area is 110 Å². The van der Waals surface area contributed by atoms with Gasteiger partial charge in [0.25, 0.3) is 0 Å². The molecule has 1 atom stereocenters. The number of benzene rings is 1. The Balaban J connectivity index is 2.28. The van der Waals surface area contributed by atoms with Crippen LogP contribution in [0.15, 0.2) is 35.5 Å². The second-order valence-corrected chi connectivity index (χ2v) is 4.86. The van der Waals surface area contributed by atoms with Crippen molar-refractivity contribution in [2.75, 3.05) is 19.5 Å². The molecule has 0 bridgehead atoms. The lowest BCUT2D eigenvalue weighted by molar-refractivity contribution is 0.113. The molecular weight excluding hydrogens is 250 g/mol. The third-order valence-corrected chi connectivity index (χ3v) is 3.71. The van der Waals surface area contributed by atoms with E-state index < -0.39 is 6.10 Å². The van der Waals surface area contributed by atoms with Crippen molar-refractivity contribution in [2.45, 2.75) is 11.1 Å². The molecule has 96 valence electrons. The smallest absolute Gasteiger partial charge is 0.119 e. The number of hydrogen-bond acceptors (Lipinski definition) is 5. The summed E-state index contributed by atoms with van der Waals surface area (Å²) >= 11 is 1.43. The Morgan fingerprint density at radius 3 is 2.94 bits per heavy atom. The quantitative estimate of drug-likeness (QED) is 0.806. The Morgan fingerprint density at radius 2 is 2.22 bits per heavy atom. The van der Waals surface area contributed by atoms with E-state index in [0.29, 0.717) is 5.75 Å². The Bertz CT molecular complexity index is 533. The van der Waals surface area contributed by atoms with Crippen LogP contribution in [0, 0.1) is 0 Å². The molecule has 0 radical (unpaired) electrons. The lowest BCUT2D eigenvalue weighted by atomic mass is 10.2. The zero-order valence-corrected chi connectivity index (χ0v) is 10.9. The second kappa shape index (κ2) is 6.04. The summed E-state index contributed by atoms with van der Waals surface area (Å²) in [4.78, 5) is 4.30. The van der Waals surface area contributed by atoms with Gasteiger partial charge in [-0.3, -0.25) is 0 Å². The second-order valence-electron chi connectivity index (χ2n) is 3.85. The van der Waals surface area contributed by atoms with Crippen LogP contribution in [0.2, 0.25) is 0 Å². The summed E-state index contributed by atoms with van der Waals surface area (Å²) in [5, 5.41) is 21.1. The van der Waals surface area contributed by atoms with E-state index in [4.69, 9.17) is 9.84 Å². The van der Waals surface area contributed by atoms with Crippen LogP contribution >= 0.6 is 11.8 Å². The van der Waals surface area contributed by atoms with Gasteiger partial charge in [0.15, 0.2) is 0 Å². The van der Waals surface area contributed by atoms with Crippen LogP contribution in [0.25, 0.3) is 10.8 Å². The van der Waals surface area contributed by atoms with Gasteiger partial charge < -0.3 is 14.9 Å². The molecule has 2 N–H and O–H groups in total. The van der Waals surface area contributed by atoms with Crippen molar-refractivity contribution in [2.24, 2.45) is 0 Å². The molecule has 1 heterocycles. The summed E-state index contributed by atoms with van der Waals surface area (Å²) in [5.41, 5.74) is 0. The average Bonchev–Trinajstić information content (AvgIpc) is 2.43. The topological polar surface area (TPSA) is 62.6 Å². The summed E-state index contributed by atoms with van der Waals surface area (Å²) in [6.07, 6.45) is 1.01. The van der Waals surface area contributed by atoms with Crippen LogP contribution in [0.3, 0.4) is 0 Å². The fraction of sp³-hybridized carbons (Fsp3) is 0.308. The molecule has 5 heteroatoms. The van der Waals surface area contributed by atoms with Gasteiger partial charge in [0.05, 0.1) is 19.8 Å². The third kappa shape index (κ3) is 2.93. The molecule has 18 heavy (non-hydrogen) atoms. The number of rotatable bonds is 5. The van der Waals surface area contributed by atoms with Gasteiger partial charge in [-0.25, -0.2) is 4.98 Å². The molecule has 0 saturated carbocycles. The monoisotopic (exact) mass is 265 g/mol. The Morgan fingerprint density at radius 1 is 1.39 bits per heavy atom. The molecule has 1 aromatic carbocycles. The number of pyridine rings is 1. The molecule has 2 rings (SSSR count). The van der Waals surface area contributed by atoms with Crippen molar-refractivity contribution in [3.05, 3.63) is 30.5 Å². The van der Waals surface area contributed by atoms with Gasteiger partial charge in [0.1, 0.15) is 10.8 Å². The lowest BCUT2D eigenvalue weighted by Gasteiger charge is -2.09. The van der Waals surface area contributed by atoms with Crippen molar-refractivity contribution in [1.82, 2.24) is 4.98 Å². The first-order valence-electron chi connectivity index (χ1n) is 5.59. The molecular formula is C13H15NO3S. The molecule has 0 aliphatic heterocycles. The minimum absolute atomic E-state index is 0.231. The summed E-state index contributed by atoms with van der Waals surface area (Å²) < 4.78 is 5.18. The van der Waals surface area contributed by atoms with Gasteiger partial charge in [0, 0.05) is 17.3 Å². The first-order chi connectivity index (χ1) is 8.74. The van der Waals surface area contributed by atoms with Crippen molar-refractivity contribution in [1.29, 1.82) is 0 Å². The Hall–Kier alpha value is -1.30. The fourth-order valence-corrected chi connectivity index (χ4v) is 2.53. The molecule has 1 unspecified atom stereocenters. The number of aliphatic hydroxyl groups excluding tert-OH is 2. The van der Waals surface area contributed by atoms with E-state index in [9.17, 15) is 5.11 Å². The minimum Gasteiger partial charge on any atom is -0.497 e. The SMILES string of the molecule is COc1ccc2c(SCC(O)CO)nccc2c1.